The van der Waals surface area contributed by atoms with Crippen molar-refractivity contribution in [1.29, 1.82) is 0 Å². The molecule has 0 bridgehead atoms. The number of hydrogen-bond donors (Lipinski definition) is 1. The Labute approximate surface area is 98.0 Å². The Kier molecular flexibility index (Phi) is 4.76. The van der Waals surface area contributed by atoms with Gasteiger partial charge in [0.2, 0.25) is 0 Å². The average Bonchev–Trinajstić information content (AvgIpc) is 2.25. The van der Waals surface area contributed by atoms with Crippen molar-refractivity contribution < 1.29 is 23.1 Å². The number of nitrogens with zero attached hydrogens (tertiary/aromatic N) is 2. The van der Waals surface area contributed by atoms with Gasteiger partial charge in [-0.15, -0.1) is 0 Å². The van der Waals surface area contributed by atoms with Gasteiger partial charge >= 0.3 is 12.1 Å². The van der Waals surface area contributed by atoms with Crippen molar-refractivity contribution >= 4 is 5.91 Å². The largest absolute Gasteiger partial charge is 0.471 e. The molecule has 0 radical (unpaired) electrons. The van der Waals surface area contributed by atoms with E-state index < -0.39 is 24.7 Å². The molecule has 0 aromatic carbocycles. The zero-order valence-electron chi connectivity index (χ0n) is 9.70. The Bertz CT molecular complexity index is 263. The number of alkyl halides is 3. The van der Waals surface area contributed by atoms with E-state index in [1.807, 2.05) is 11.9 Å². The molecular weight excluding hydrogens is 237 g/mol. The van der Waals surface area contributed by atoms with Crippen LogP contribution in [0.5, 0.6) is 0 Å². The van der Waals surface area contributed by atoms with Gasteiger partial charge in [0.1, 0.15) is 0 Å². The van der Waals surface area contributed by atoms with E-state index in [1.54, 1.807) is 0 Å². The molecule has 0 aromatic rings. The van der Waals surface area contributed by atoms with E-state index in [-0.39, 0.29) is 6.54 Å². The van der Waals surface area contributed by atoms with E-state index in [1.165, 1.54) is 0 Å². The van der Waals surface area contributed by atoms with Crippen molar-refractivity contribution in [2.45, 2.75) is 25.1 Å². The van der Waals surface area contributed by atoms with Crippen LogP contribution in [0.4, 0.5) is 13.2 Å². The molecule has 1 fully saturated rings. The number of halogens is 3. The van der Waals surface area contributed by atoms with Gasteiger partial charge in [-0.05, 0) is 33.0 Å². The van der Waals surface area contributed by atoms with Gasteiger partial charge in [-0.25, -0.2) is 0 Å². The van der Waals surface area contributed by atoms with Gasteiger partial charge in [-0.2, -0.15) is 13.2 Å². The number of rotatable bonds is 3. The van der Waals surface area contributed by atoms with Crippen molar-refractivity contribution in [1.82, 2.24) is 9.80 Å². The summed E-state index contributed by atoms with van der Waals surface area (Å²) in [5, 5.41) is 8.76. The second kappa shape index (κ2) is 5.68. The van der Waals surface area contributed by atoms with Crippen molar-refractivity contribution in [2.24, 2.45) is 0 Å². The minimum atomic E-state index is -4.86. The van der Waals surface area contributed by atoms with Gasteiger partial charge in [-0.3, -0.25) is 4.79 Å². The molecule has 0 aliphatic carbocycles. The smallest absolute Gasteiger partial charge is 0.395 e. The minimum Gasteiger partial charge on any atom is -0.395 e. The molecule has 1 heterocycles. The van der Waals surface area contributed by atoms with Crippen LogP contribution in [0.15, 0.2) is 0 Å². The Morgan fingerprint density at radius 1 is 1.41 bits per heavy atom. The number of amides is 1. The highest BCUT2D eigenvalue weighted by Gasteiger charge is 2.44. The average molecular weight is 254 g/mol. The lowest BCUT2D eigenvalue weighted by Crippen LogP contribution is -2.51. The zero-order chi connectivity index (χ0) is 13.1. The summed E-state index contributed by atoms with van der Waals surface area (Å²) in [6.45, 7) is 0.621. The van der Waals surface area contributed by atoms with Crippen LogP contribution in [0.25, 0.3) is 0 Å². The summed E-state index contributed by atoms with van der Waals surface area (Å²) in [5.74, 6) is -1.85. The lowest BCUT2D eigenvalue weighted by atomic mass is 10.0. The van der Waals surface area contributed by atoms with Crippen LogP contribution >= 0.6 is 0 Å². The molecular formula is C10H17F3N2O2. The summed E-state index contributed by atoms with van der Waals surface area (Å²) < 4.78 is 37.1. The van der Waals surface area contributed by atoms with Gasteiger partial charge in [0.15, 0.2) is 0 Å². The quantitative estimate of drug-likeness (QED) is 0.796. The van der Waals surface area contributed by atoms with Gasteiger partial charge in [0.05, 0.1) is 6.61 Å². The van der Waals surface area contributed by atoms with Gasteiger partial charge in [0, 0.05) is 12.6 Å². The van der Waals surface area contributed by atoms with Crippen LogP contribution in [0, 0.1) is 0 Å². The molecule has 1 aliphatic rings. The first-order valence-electron chi connectivity index (χ1n) is 5.53. The first kappa shape index (κ1) is 14.2. The molecule has 1 aliphatic heterocycles. The van der Waals surface area contributed by atoms with Gasteiger partial charge < -0.3 is 14.9 Å². The maximum atomic E-state index is 12.4. The monoisotopic (exact) mass is 254 g/mol. The molecule has 7 heteroatoms. The van der Waals surface area contributed by atoms with E-state index >= 15 is 0 Å². The predicted octanol–water partition coefficient (Wildman–Crippen LogP) is 0.464. The van der Waals surface area contributed by atoms with E-state index in [4.69, 9.17) is 5.11 Å². The molecule has 0 atom stereocenters. The second-order valence-electron chi connectivity index (χ2n) is 4.25. The van der Waals surface area contributed by atoms with Gasteiger partial charge in [0.25, 0.3) is 0 Å². The highest BCUT2D eigenvalue weighted by Crippen LogP contribution is 2.23. The third-order valence-electron chi connectivity index (χ3n) is 2.97. The molecule has 17 heavy (non-hydrogen) atoms. The molecule has 1 rings (SSSR count). The number of hydrogen-bond acceptors (Lipinski definition) is 3. The summed E-state index contributed by atoms with van der Waals surface area (Å²) in [6.07, 6.45) is -3.84. The number of carbonyl (C=O) groups is 1. The third-order valence-corrected chi connectivity index (χ3v) is 2.97. The Balaban J connectivity index is 2.68. The van der Waals surface area contributed by atoms with Crippen molar-refractivity contribution in [2.75, 3.05) is 33.3 Å². The van der Waals surface area contributed by atoms with E-state index in [0.717, 1.165) is 4.90 Å². The van der Waals surface area contributed by atoms with Crippen LogP contribution in [-0.4, -0.2) is 66.3 Å². The molecule has 0 unspecified atom stereocenters. The highest BCUT2D eigenvalue weighted by atomic mass is 19.4. The van der Waals surface area contributed by atoms with Crippen LogP contribution in [0.1, 0.15) is 12.8 Å². The number of carbonyl (C=O) groups excluding carboxylic acids is 1. The molecule has 100 valence electrons. The van der Waals surface area contributed by atoms with Crippen molar-refractivity contribution in [3.8, 4) is 0 Å². The maximum absolute atomic E-state index is 12.4. The van der Waals surface area contributed by atoms with Crippen LogP contribution in [-0.2, 0) is 4.79 Å². The summed E-state index contributed by atoms with van der Waals surface area (Å²) in [4.78, 5) is 14.0. The Morgan fingerprint density at radius 3 is 2.35 bits per heavy atom. The fourth-order valence-corrected chi connectivity index (χ4v) is 2.03. The molecule has 0 aromatic heterocycles. The Hall–Kier alpha value is -0.820. The molecule has 1 N–H and O–H groups in total. The fourth-order valence-electron chi connectivity index (χ4n) is 2.03. The standard InChI is InChI=1S/C10H17F3N2O2/c1-14-4-2-8(3-5-14)15(6-7-16)9(17)10(11,12)13/h8,16H,2-7H2,1H3. The lowest BCUT2D eigenvalue weighted by molar-refractivity contribution is -0.189. The predicted molar refractivity (Wildman–Crippen MR) is 55.4 cm³/mol. The maximum Gasteiger partial charge on any atom is 0.471 e. The van der Waals surface area contributed by atoms with Gasteiger partial charge in [-0.1, -0.05) is 0 Å². The van der Waals surface area contributed by atoms with E-state index in [0.29, 0.717) is 25.9 Å². The first-order chi connectivity index (χ1) is 7.86. The van der Waals surface area contributed by atoms with Crippen molar-refractivity contribution in [3.63, 3.8) is 0 Å². The Morgan fingerprint density at radius 2 is 1.94 bits per heavy atom. The molecule has 1 saturated heterocycles. The first-order valence-corrected chi connectivity index (χ1v) is 5.53. The fraction of sp³-hybridized carbons (Fsp3) is 0.900. The summed E-state index contributed by atoms with van der Waals surface area (Å²) in [5.41, 5.74) is 0. The number of likely N-dealkylation sites (tertiary alicyclic amines) is 1. The molecule has 1 amide bonds. The zero-order valence-corrected chi connectivity index (χ0v) is 9.70. The summed E-state index contributed by atoms with van der Waals surface area (Å²) in [7, 11) is 1.89. The molecule has 0 spiro atoms. The molecule has 4 nitrogen and oxygen atoms in total. The van der Waals surface area contributed by atoms with Crippen molar-refractivity contribution in [3.05, 3.63) is 0 Å². The number of aliphatic hydroxyl groups is 1. The van der Waals surface area contributed by atoms with Crippen LogP contribution in [0.2, 0.25) is 0 Å². The summed E-state index contributed by atoms with van der Waals surface area (Å²) >= 11 is 0. The lowest BCUT2D eigenvalue weighted by Gasteiger charge is -2.37. The van der Waals surface area contributed by atoms with Crippen LogP contribution in [0.3, 0.4) is 0 Å². The number of piperidine rings is 1. The SMILES string of the molecule is CN1CCC(N(CCO)C(=O)C(F)(F)F)CC1. The third kappa shape index (κ3) is 3.85. The summed E-state index contributed by atoms with van der Waals surface area (Å²) in [6, 6.07) is -0.424. The highest BCUT2D eigenvalue weighted by molar-refractivity contribution is 5.82. The minimum absolute atomic E-state index is 0.257. The number of aliphatic hydroxyl groups excluding tert-OH is 1. The molecule has 0 saturated carbocycles. The van der Waals surface area contributed by atoms with E-state index in [2.05, 4.69) is 0 Å². The second-order valence-corrected chi connectivity index (χ2v) is 4.25. The van der Waals surface area contributed by atoms with E-state index in [9.17, 15) is 18.0 Å². The van der Waals surface area contributed by atoms with Crippen LogP contribution < -0.4 is 0 Å². The normalized spacial score (nSPS) is 19.4. The topological polar surface area (TPSA) is 43.8 Å².